The van der Waals surface area contributed by atoms with Gasteiger partial charge in [0.25, 0.3) is 17.7 Å². The predicted molar refractivity (Wildman–Crippen MR) is 104 cm³/mol. The van der Waals surface area contributed by atoms with Crippen LogP contribution in [0.15, 0.2) is 18.2 Å². The number of nitrogens with zero attached hydrogens (tertiary/aromatic N) is 1. The molecular weight excluding hydrogens is 356 g/mol. The third kappa shape index (κ3) is 4.12. The monoisotopic (exact) mass is 384 g/mol. The summed E-state index contributed by atoms with van der Waals surface area (Å²) in [5, 5.41) is 2.87. The lowest BCUT2D eigenvalue weighted by Gasteiger charge is -2.29. The fourth-order valence-corrected chi connectivity index (χ4v) is 4.08. The summed E-state index contributed by atoms with van der Waals surface area (Å²) in [6, 6.07) is 4.81. The quantitative estimate of drug-likeness (QED) is 0.552. The molecule has 2 saturated carbocycles. The zero-order valence-corrected chi connectivity index (χ0v) is 16.2. The molecule has 0 unspecified atom stereocenters. The Morgan fingerprint density at radius 2 is 1.79 bits per heavy atom. The van der Waals surface area contributed by atoms with Gasteiger partial charge in [-0.2, -0.15) is 0 Å². The Labute approximate surface area is 165 Å². The van der Waals surface area contributed by atoms with Crippen molar-refractivity contribution < 1.29 is 19.1 Å². The number of ether oxygens (including phenoxy) is 1. The number of hydrogen-bond donors (Lipinski definition) is 1. The summed E-state index contributed by atoms with van der Waals surface area (Å²) in [7, 11) is 0. The average molecular weight is 384 g/mol. The average Bonchev–Trinajstić information content (AvgIpc) is 3.51. The highest BCUT2D eigenvalue weighted by Gasteiger charge is 2.40. The van der Waals surface area contributed by atoms with Crippen LogP contribution in [0.4, 0.5) is 0 Å². The Bertz CT molecular complexity index is 766. The number of imide groups is 1. The van der Waals surface area contributed by atoms with Gasteiger partial charge in [-0.3, -0.25) is 19.3 Å². The molecule has 1 aromatic carbocycles. The summed E-state index contributed by atoms with van der Waals surface area (Å²) in [6.07, 6.45) is 8.32. The van der Waals surface area contributed by atoms with E-state index in [-0.39, 0.29) is 23.8 Å². The molecule has 0 spiro atoms. The molecule has 28 heavy (non-hydrogen) atoms. The molecule has 3 aliphatic rings. The molecule has 0 bridgehead atoms. The van der Waals surface area contributed by atoms with Gasteiger partial charge in [0.1, 0.15) is 0 Å². The van der Waals surface area contributed by atoms with Crippen molar-refractivity contribution in [2.75, 3.05) is 19.8 Å². The minimum absolute atomic E-state index is 0.00549. The van der Waals surface area contributed by atoms with E-state index in [2.05, 4.69) is 5.32 Å². The van der Waals surface area contributed by atoms with E-state index in [4.69, 9.17) is 4.74 Å². The standard InChI is InChI=1S/C22H28N2O4/c25-20(23-11-4-12-28-14-15-7-8-15)16-9-10-18-19(13-16)22(27)24(21(18)26)17-5-2-1-3-6-17/h9-10,13,15,17H,1-8,11-12,14H2,(H,23,25). The number of fused-ring (bicyclic) bond motifs is 1. The van der Waals surface area contributed by atoms with E-state index in [0.29, 0.717) is 29.8 Å². The zero-order chi connectivity index (χ0) is 19.5. The van der Waals surface area contributed by atoms with E-state index in [0.717, 1.165) is 51.0 Å². The Kier molecular flexibility index (Phi) is 5.76. The molecule has 150 valence electrons. The highest BCUT2D eigenvalue weighted by Crippen LogP contribution is 2.31. The van der Waals surface area contributed by atoms with Gasteiger partial charge in [-0.1, -0.05) is 19.3 Å². The Morgan fingerprint density at radius 3 is 2.54 bits per heavy atom. The summed E-state index contributed by atoms with van der Waals surface area (Å²) < 4.78 is 5.56. The molecule has 2 aliphatic carbocycles. The maximum atomic E-state index is 12.8. The highest BCUT2D eigenvalue weighted by molar-refractivity contribution is 6.22. The van der Waals surface area contributed by atoms with Crippen molar-refractivity contribution in [1.29, 1.82) is 0 Å². The minimum atomic E-state index is -0.255. The second-order valence-corrected chi connectivity index (χ2v) is 8.16. The summed E-state index contributed by atoms with van der Waals surface area (Å²) in [4.78, 5) is 39.4. The van der Waals surface area contributed by atoms with Crippen LogP contribution < -0.4 is 5.32 Å². The predicted octanol–water partition coefficient (Wildman–Crippen LogP) is 3.16. The van der Waals surface area contributed by atoms with Crippen LogP contribution in [0.25, 0.3) is 0 Å². The van der Waals surface area contributed by atoms with Gasteiger partial charge in [0.2, 0.25) is 0 Å². The number of benzene rings is 1. The van der Waals surface area contributed by atoms with Crippen LogP contribution in [-0.4, -0.2) is 48.4 Å². The first-order valence-electron chi connectivity index (χ1n) is 10.5. The first-order chi connectivity index (χ1) is 13.6. The zero-order valence-electron chi connectivity index (χ0n) is 16.2. The van der Waals surface area contributed by atoms with Crippen LogP contribution in [0.3, 0.4) is 0 Å². The third-order valence-electron chi connectivity index (χ3n) is 5.92. The van der Waals surface area contributed by atoms with Gasteiger partial charge in [0, 0.05) is 31.4 Å². The van der Waals surface area contributed by atoms with E-state index >= 15 is 0 Å². The number of nitrogens with one attached hydrogen (secondary N) is 1. The second-order valence-electron chi connectivity index (χ2n) is 8.16. The van der Waals surface area contributed by atoms with Gasteiger partial charge < -0.3 is 10.1 Å². The van der Waals surface area contributed by atoms with Gasteiger partial charge in [-0.15, -0.1) is 0 Å². The SMILES string of the molecule is O=C(NCCCOCC1CC1)c1ccc2c(c1)C(=O)N(C1CCCCC1)C2=O. The topological polar surface area (TPSA) is 75.7 Å². The largest absolute Gasteiger partial charge is 0.381 e. The molecule has 1 aliphatic heterocycles. The molecule has 1 aromatic rings. The van der Waals surface area contributed by atoms with Crippen molar-refractivity contribution in [2.24, 2.45) is 5.92 Å². The molecule has 6 nitrogen and oxygen atoms in total. The summed E-state index contributed by atoms with van der Waals surface area (Å²) >= 11 is 0. The fraction of sp³-hybridized carbons (Fsp3) is 0.591. The van der Waals surface area contributed by atoms with Gasteiger partial charge >= 0.3 is 0 Å². The van der Waals surface area contributed by atoms with Gasteiger partial charge in [0.15, 0.2) is 0 Å². The molecule has 0 radical (unpaired) electrons. The lowest BCUT2D eigenvalue weighted by atomic mass is 9.94. The fourth-order valence-electron chi connectivity index (χ4n) is 4.08. The first kappa shape index (κ1) is 19.1. The number of amides is 3. The molecular formula is C22H28N2O4. The lowest BCUT2D eigenvalue weighted by molar-refractivity contribution is 0.0548. The van der Waals surface area contributed by atoms with E-state index in [9.17, 15) is 14.4 Å². The van der Waals surface area contributed by atoms with Crippen molar-refractivity contribution in [3.8, 4) is 0 Å². The Hall–Kier alpha value is -2.21. The molecule has 2 fully saturated rings. The molecule has 6 heteroatoms. The highest BCUT2D eigenvalue weighted by atomic mass is 16.5. The van der Waals surface area contributed by atoms with E-state index in [1.165, 1.54) is 17.7 Å². The smallest absolute Gasteiger partial charge is 0.261 e. The number of carbonyl (C=O) groups excluding carboxylic acids is 3. The van der Waals surface area contributed by atoms with E-state index in [1.54, 1.807) is 18.2 Å². The van der Waals surface area contributed by atoms with Crippen LogP contribution >= 0.6 is 0 Å². The van der Waals surface area contributed by atoms with Crippen LogP contribution in [0, 0.1) is 5.92 Å². The molecule has 1 N–H and O–H groups in total. The summed E-state index contributed by atoms with van der Waals surface area (Å²) in [6.45, 7) is 2.00. The molecule has 4 rings (SSSR count). The van der Waals surface area contributed by atoms with Crippen molar-refractivity contribution >= 4 is 17.7 Å². The van der Waals surface area contributed by atoms with Crippen molar-refractivity contribution in [2.45, 2.75) is 57.4 Å². The van der Waals surface area contributed by atoms with E-state index < -0.39 is 0 Å². The summed E-state index contributed by atoms with van der Waals surface area (Å²) in [5.41, 5.74) is 1.20. The van der Waals surface area contributed by atoms with Gasteiger partial charge in [-0.25, -0.2) is 0 Å². The minimum Gasteiger partial charge on any atom is -0.381 e. The van der Waals surface area contributed by atoms with Crippen LogP contribution in [0.2, 0.25) is 0 Å². The molecule has 0 atom stereocenters. The Balaban J connectivity index is 1.33. The van der Waals surface area contributed by atoms with Crippen LogP contribution in [-0.2, 0) is 4.74 Å². The molecule has 1 heterocycles. The third-order valence-corrected chi connectivity index (χ3v) is 5.92. The normalized spacial score (nSPS) is 19.8. The molecule has 3 amide bonds. The number of carbonyl (C=O) groups is 3. The number of rotatable bonds is 8. The van der Waals surface area contributed by atoms with Crippen LogP contribution in [0.5, 0.6) is 0 Å². The first-order valence-corrected chi connectivity index (χ1v) is 10.5. The summed E-state index contributed by atoms with van der Waals surface area (Å²) in [5.74, 6) is 0.0532. The van der Waals surface area contributed by atoms with E-state index in [1.807, 2.05) is 0 Å². The van der Waals surface area contributed by atoms with Crippen molar-refractivity contribution in [3.05, 3.63) is 34.9 Å². The second kappa shape index (κ2) is 8.43. The number of hydrogen-bond acceptors (Lipinski definition) is 4. The van der Waals surface area contributed by atoms with Gasteiger partial charge in [-0.05, 0) is 56.2 Å². The Morgan fingerprint density at radius 1 is 1.04 bits per heavy atom. The maximum Gasteiger partial charge on any atom is 0.261 e. The maximum absolute atomic E-state index is 12.8. The van der Waals surface area contributed by atoms with Crippen LogP contribution in [0.1, 0.15) is 82.4 Å². The molecule has 0 saturated heterocycles. The lowest BCUT2D eigenvalue weighted by Crippen LogP contribution is -2.40. The van der Waals surface area contributed by atoms with Crippen molar-refractivity contribution in [1.82, 2.24) is 10.2 Å². The molecule has 0 aromatic heterocycles. The van der Waals surface area contributed by atoms with Crippen molar-refractivity contribution in [3.63, 3.8) is 0 Å². The van der Waals surface area contributed by atoms with Gasteiger partial charge in [0.05, 0.1) is 11.1 Å².